The summed E-state index contributed by atoms with van der Waals surface area (Å²) in [7, 11) is -4.11. The third-order valence-corrected chi connectivity index (χ3v) is 4.80. The zero-order chi connectivity index (χ0) is 16.0. The van der Waals surface area contributed by atoms with Crippen molar-refractivity contribution in [3.8, 4) is 11.5 Å². The number of primary sulfonamides is 1. The predicted molar refractivity (Wildman–Crippen MR) is 75.4 cm³/mol. The van der Waals surface area contributed by atoms with Gasteiger partial charge in [-0.15, -0.1) is 0 Å². The SMILES string of the molecule is NC1(c2noc(-c3ccc(S(N)(=O)=O)c(F)c3)n2)CCCC1. The molecule has 0 atom stereocenters. The van der Waals surface area contributed by atoms with E-state index in [-0.39, 0.29) is 11.5 Å². The molecule has 7 nitrogen and oxygen atoms in total. The van der Waals surface area contributed by atoms with Crippen molar-refractivity contribution in [2.75, 3.05) is 0 Å². The summed E-state index contributed by atoms with van der Waals surface area (Å²) in [6, 6.07) is 3.42. The molecular formula is C13H15FN4O3S. The number of benzene rings is 1. The topological polar surface area (TPSA) is 125 Å². The van der Waals surface area contributed by atoms with Crippen molar-refractivity contribution in [2.45, 2.75) is 36.1 Å². The molecule has 2 aromatic rings. The average molecular weight is 326 g/mol. The van der Waals surface area contributed by atoms with Gasteiger partial charge in [0.15, 0.2) is 5.82 Å². The van der Waals surface area contributed by atoms with Crippen LogP contribution in [0.15, 0.2) is 27.6 Å². The molecule has 0 bridgehead atoms. The van der Waals surface area contributed by atoms with Gasteiger partial charge in [0.25, 0.3) is 5.89 Å². The Morgan fingerprint density at radius 2 is 1.95 bits per heavy atom. The highest BCUT2D eigenvalue weighted by atomic mass is 32.2. The monoisotopic (exact) mass is 326 g/mol. The maximum atomic E-state index is 13.8. The third kappa shape index (κ3) is 2.62. The first-order valence-electron chi connectivity index (χ1n) is 6.75. The fourth-order valence-electron chi connectivity index (χ4n) is 2.64. The van der Waals surface area contributed by atoms with E-state index in [1.54, 1.807) is 0 Å². The van der Waals surface area contributed by atoms with Gasteiger partial charge in [0.1, 0.15) is 10.7 Å². The lowest BCUT2D eigenvalue weighted by Crippen LogP contribution is -2.34. The standard InChI is InChI=1S/C13H15FN4O3S/c14-9-7-8(3-4-10(9)22(16,19)20)11-17-12(18-21-11)13(15)5-1-2-6-13/h3-4,7H,1-2,5-6,15H2,(H2,16,19,20). The van der Waals surface area contributed by atoms with Crippen LogP contribution in [0.4, 0.5) is 4.39 Å². The summed E-state index contributed by atoms with van der Waals surface area (Å²) in [5, 5.41) is 8.79. The van der Waals surface area contributed by atoms with Gasteiger partial charge in [-0.05, 0) is 31.0 Å². The van der Waals surface area contributed by atoms with Gasteiger partial charge < -0.3 is 10.3 Å². The number of halogens is 1. The number of hydrogen-bond donors (Lipinski definition) is 2. The van der Waals surface area contributed by atoms with Crippen LogP contribution in [0.5, 0.6) is 0 Å². The van der Waals surface area contributed by atoms with Gasteiger partial charge in [0.2, 0.25) is 10.0 Å². The van der Waals surface area contributed by atoms with E-state index in [4.69, 9.17) is 15.4 Å². The van der Waals surface area contributed by atoms with Crippen LogP contribution in [0, 0.1) is 5.82 Å². The molecule has 0 radical (unpaired) electrons. The van der Waals surface area contributed by atoms with Crippen molar-refractivity contribution in [2.24, 2.45) is 10.9 Å². The van der Waals surface area contributed by atoms with E-state index in [1.165, 1.54) is 6.07 Å². The van der Waals surface area contributed by atoms with Crippen LogP contribution in [0.3, 0.4) is 0 Å². The minimum absolute atomic E-state index is 0.0894. The molecule has 1 aromatic heterocycles. The Bertz CT molecular complexity index is 812. The number of aromatic nitrogens is 2. The lowest BCUT2D eigenvalue weighted by atomic mass is 9.99. The molecule has 1 aliphatic rings. The van der Waals surface area contributed by atoms with Crippen molar-refractivity contribution in [1.29, 1.82) is 0 Å². The van der Waals surface area contributed by atoms with E-state index in [2.05, 4.69) is 10.1 Å². The minimum atomic E-state index is -4.11. The molecule has 118 valence electrons. The minimum Gasteiger partial charge on any atom is -0.334 e. The molecule has 0 unspecified atom stereocenters. The summed E-state index contributed by atoms with van der Waals surface area (Å²) in [6.07, 6.45) is 3.53. The second kappa shape index (κ2) is 5.11. The van der Waals surface area contributed by atoms with Crippen LogP contribution in [-0.4, -0.2) is 18.6 Å². The van der Waals surface area contributed by atoms with Gasteiger partial charge in [-0.1, -0.05) is 18.0 Å². The van der Waals surface area contributed by atoms with Gasteiger partial charge in [0.05, 0.1) is 5.54 Å². The van der Waals surface area contributed by atoms with E-state index in [0.29, 0.717) is 5.82 Å². The van der Waals surface area contributed by atoms with Crippen molar-refractivity contribution < 1.29 is 17.3 Å². The van der Waals surface area contributed by atoms with Gasteiger partial charge in [0, 0.05) is 5.56 Å². The number of nitrogens with two attached hydrogens (primary N) is 2. The van der Waals surface area contributed by atoms with Crippen LogP contribution in [0.2, 0.25) is 0 Å². The maximum absolute atomic E-state index is 13.8. The number of nitrogens with zero attached hydrogens (tertiary/aromatic N) is 2. The molecule has 1 aromatic carbocycles. The second-order valence-corrected chi connectivity index (χ2v) is 7.01. The van der Waals surface area contributed by atoms with E-state index >= 15 is 0 Å². The van der Waals surface area contributed by atoms with Crippen molar-refractivity contribution in [1.82, 2.24) is 10.1 Å². The van der Waals surface area contributed by atoms with Gasteiger partial charge in [-0.3, -0.25) is 0 Å². The van der Waals surface area contributed by atoms with Crippen LogP contribution in [0.1, 0.15) is 31.5 Å². The summed E-state index contributed by atoms with van der Waals surface area (Å²) in [5.74, 6) is -0.495. The Balaban J connectivity index is 1.96. The molecule has 0 saturated heterocycles. The van der Waals surface area contributed by atoms with Crippen LogP contribution in [-0.2, 0) is 15.6 Å². The summed E-state index contributed by atoms with van der Waals surface area (Å²) in [5.41, 5.74) is 5.89. The number of sulfonamides is 1. The molecule has 3 rings (SSSR count). The lowest BCUT2D eigenvalue weighted by molar-refractivity contribution is 0.372. The first-order chi connectivity index (χ1) is 10.3. The summed E-state index contributed by atoms with van der Waals surface area (Å²) in [4.78, 5) is 3.64. The Kier molecular flexibility index (Phi) is 3.50. The average Bonchev–Trinajstić information content (AvgIpc) is 3.06. The third-order valence-electron chi connectivity index (χ3n) is 3.85. The Morgan fingerprint density at radius 1 is 1.27 bits per heavy atom. The van der Waals surface area contributed by atoms with Crippen LogP contribution >= 0.6 is 0 Å². The zero-order valence-corrected chi connectivity index (χ0v) is 12.4. The molecule has 0 amide bonds. The molecule has 0 spiro atoms. The highest BCUT2D eigenvalue weighted by Crippen LogP contribution is 2.35. The van der Waals surface area contributed by atoms with Gasteiger partial charge >= 0.3 is 0 Å². The Hall–Kier alpha value is -1.84. The molecule has 1 heterocycles. The van der Waals surface area contributed by atoms with E-state index in [9.17, 15) is 12.8 Å². The van der Waals surface area contributed by atoms with E-state index < -0.39 is 26.3 Å². The molecule has 22 heavy (non-hydrogen) atoms. The quantitative estimate of drug-likeness (QED) is 0.874. The summed E-state index contributed by atoms with van der Waals surface area (Å²) >= 11 is 0. The van der Waals surface area contributed by atoms with Crippen LogP contribution < -0.4 is 10.9 Å². The molecule has 9 heteroatoms. The summed E-state index contributed by atoms with van der Waals surface area (Å²) < 4.78 is 41.3. The molecule has 1 saturated carbocycles. The van der Waals surface area contributed by atoms with Crippen molar-refractivity contribution >= 4 is 10.0 Å². The van der Waals surface area contributed by atoms with Crippen LogP contribution in [0.25, 0.3) is 11.5 Å². The largest absolute Gasteiger partial charge is 0.334 e. The first kappa shape index (κ1) is 15.1. The molecule has 0 aliphatic heterocycles. The van der Waals surface area contributed by atoms with Crippen molar-refractivity contribution in [3.05, 3.63) is 29.8 Å². The highest BCUT2D eigenvalue weighted by Gasteiger charge is 2.36. The lowest BCUT2D eigenvalue weighted by Gasteiger charge is -2.17. The normalized spacial score (nSPS) is 17.8. The number of rotatable bonds is 3. The Morgan fingerprint density at radius 3 is 2.55 bits per heavy atom. The molecule has 4 N–H and O–H groups in total. The maximum Gasteiger partial charge on any atom is 0.258 e. The van der Waals surface area contributed by atoms with E-state index in [0.717, 1.165) is 37.8 Å². The second-order valence-electron chi connectivity index (χ2n) is 5.48. The highest BCUT2D eigenvalue weighted by molar-refractivity contribution is 7.89. The fraction of sp³-hybridized carbons (Fsp3) is 0.385. The zero-order valence-electron chi connectivity index (χ0n) is 11.6. The predicted octanol–water partition coefficient (Wildman–Crippen LogP) is 1.25. The first-order valence-corrected chi connectivity index (χ1v) is 8.30. The molecule has 1 fully saturated rings. The number of hydrogen-bond acceptors (Lipinski definition) is 6. The molecule has 1 aliphatic carbocycles. The smallest absolute Gasteiger partial charge is 0.258 e. The molecular weight excluding hydrogens is 311 g/mol. The fourth-order valence-corrected chi connectivity index (χ4v) is 3.23. The van der Waals surface area contributed by atoms with E-state index in [1.807, 2.05) is 0 Å². The van der Waals surface area contributed by atoms with Gasteiger partial charge in [-0.2, -0.15) is 4.98 Å². The Labute approximate surface area is 126 Å². The summed E-state index contributed by atoms with van der Waals surface area (Å²) in [6.45, 7) is 0. The van der Waals surface area contributed by atoms with Gasteiger partial charge in [-0.25, -0.2) is 17.9 Å². The van der Waals surface area contributed by atoms with Crippen molar-refractivity contribution in [3.63, 3.8) is 0 Å².